The number of anilines is 1. The SMILES string of the molecule is C[C@@]1(c2ccc(Cl)cc2)Nc2ccccc2-c2nc(-c3ccccc3)nn21. The van der Waals surface area contributed by atoms with Crippen LogP contribution in [0, 0.1) is 0 Å². The van der Waals surface area contributed by atoms with Gasteiger partial charge in [-0.3, -0.25) is 0 Å². The molecule has 1 aromatic heterocycles. The first kappa shape index (κ1) is 16.1. The number of para-hydroxylation sites is 1. The van der Waals surface area contributed by atoms with Crippen LogP contribution in [-0.4, -0.2) is 14.8 Å². The third kappa shape index (κ3) is 2.53. The number of benzene rings is 3. The third-order valence-corrected chi connectivity index (χ3v) is 5.27. The van der Waals surface area contributed by atoms with Gasteiger partial charge in [0.05, 0.1) is 0 Å². The molecule has 0 amide bonds. The van der Waals surface area contributed by atoms with Crippen LogP contribution in [0.15, 0.2) is 78.9 Å². The highest BCUT2D eigenvalue weighted by Crippen LogP contribution is 2.41. The average Bonchev–Trinajstić information content (AvgIpc) is 3.16. The van der Waals surface area contributed by atoms with Crippen LogP contribution >= 0.6 is 11.6 Å². The molecule has 5 heteroatoms. The van der Waals surface area contributed by atoms with E-state index in [-0.39, 0.29) is 0 Å². The predicted molar refractivity (Wildman–Crippen MR) is 109 cm³/mol. The van der Waals surface area contributed by atoms with Gasteiger partial charge in [0.1, 0.15) is 0 Å². The van der Waals surface area contributed by atoms with Crippen molar-refractivity contribution in [2.24, 2.45) is 0 Å². The van der Waals surface area contributed by atoms with E-state index in [1.54, 1.807) is 0 Å². The fourth-order valence-electron chi connectivity index (χ4n) is 3.58. The zero-order chi connectivity index (χ0) is 18.4. The summed E-state index contributed by atoms with van der Waals surface area (Å²) in [6.07, 6.45) is 0. The van der Waals surface area contributed by atoms with Crippen molar-refractivity contribution in [3.63, 3.8) is 0 Å². The van der Waals surface area contributed by atoms with Crippen LogP contribution in [-0.2, 0) is 5.66 Å². The molecule has 2 heterocycles. The van der Waals surface area contributed by atoms with Crippen molar-refractivity contribution in [2.45, 2.75) is 12.6 Å². The summed E-state index contributed by atoms with van der Waals surface area (Å²) in [5.41, 5.74) is 3.56. The summed E-state index contributed by atoms with van der Waals surface area (Å²) < 4.78 is 1.97. The summed E-state index contributed by atoms with van der Waals surface area (Å²) in [6, 6.07) is 26.1. The maximum absolute atomic E-state index is 6.11. The molecule has 0 aliphatic carbocycles. The molecule has 0 saturated heterocycles. The number of nitrogens with zero attached hydrogens (tertiary/aromatic N) is 3. The Balaban J connectivity index is 1.75. The summed E-state index contributed by atoms with van der Waals surface area (Å²) in [6.45, 7) is 2.11. The van der Waals surface area contributed by atoms with Crippen LogP contribution in [0.25, 0.3) is 22.8 Å². The minimum absolute atomic E-state index is 0.575. The van der Waals surface area contributed by atoms with Gasteiger partial charge in [0.25, 0.3) is 0 Å². The fourth-order valence-corrected chi connectivity index (χ4v) is 3.70. The van der Waals surface area contributed by atoms with E-state index >= 15 is 0 Å². The van der Waals surface area contributed by atoms with Gasteiger partial charge < -0.3 is 5.32 Å². The van der Waals surface area contributed by atoms with Crippen LogP contribution in [0.4, 0.5) is 5.69 Å². The van der Waals surface area contributed by atoms with E-state index < -0.39 is 5.66 Å². The Labute approximate surface area is 162 Å². The molecule has 3 aromatic carbocycles. The van der Waals surface area contributed by atoms with E-state index in [1.807, 2.05) is 71.4 Å². The monoisotopic (exact) mass is 372 g/mol. The lowest BCUT2D eigenvalue weighted by Crippen LogP contribution is -2.43. The lowest BCUT2D eigenvalue weighted by Gasteiger charge is -2.37. The zero-order valence-corrected chi connectivity index (χ0v) is 15.5. The average molecular weight is 373 g/mol. The molecule has 0 fully saturated rings. The Kier molecular flexibility index (Phi) is 3.55. The second kappa shape index (κ2) is 5.96. The second-order valence-electron chi connectivity index (χ2n) is 6.79. The van der Waals surface area contributed by atoms with Gasteiger partial charge in [-0.2, -0.15) is 0 Å². The van der Waals surface area contributed by atoms with Crippen LogP contribution < -0.4 is 5.32 Å². The van der Waals surface area contributed by atoms with Crippen molar-refractivity contribution in [1.29, 1.82) is 0 Å². The Morgan fingerprint density at radius 1 is 0.889 bits per heavy atom. The minimum atomic E-state index is -0.575. The number of fused-ring (bicyclic) bond motifs is 3. The molecule has 4 aromatic rings. The van der Waals surface area contributed by atoms with Crippen LogP contribution in [0.5, 0.6) is 0 Å². The Morgan fingerprint density at radius 3 is 2.37 bits per heavy atom. The number of hydrogen-bond donors (Lipinski definition) is 1. The molecule has 0 spiro atoms. The first-order chi connectivity index (χ1) is 13.1. The standard InChI is InChI=1S/C22H17ClN4/c1-22(16-11-13-17(23)14-12-16)25-19-10-6-5-9-18(19)21-24-20(26-27(21)22)15-7-3-2-4-8-15/h2-14,25H,1H3/t22-/m1/s1. The fraction of sp³-hybridized carbons (Fsp3) is 0.0909. The Morgan fingerprint density at radius 2 is 1.59 bits per heavy atom. The molecule has 5 rings (SSSR count). The van der Waals surface area contributed by atoms with Gasteiger partial charge >= 0.3 is 0 Å². The quantitative estimate of drug-likeness (QED) is 0.511. The van der Waals surface area contributed by atoms with E-state index in [9.17, 15) is 0 Å². The number of rotatable bonds is 2. The van der Waals surface area contributed by atoms with Crippen LogP contribution in [0.2, 0.25) is 5.02 Å². The van der Waals surface area contributed by atoms with Crippen molar-refractivity contribution in [3.8, 4) is 22.8 Å². The highest BCUT2D eigenvalue weighted by molar-refractivity contribution is 6.30. The van der Waals surface area contributed by atoms with Gasteiger partial charge in [-0.25, -0.2) is 9.67 Å². The molecule has 1 atom stereocenters. The number of hydrogen-bond acceptors (Lipinski definition) is 3. The molecular weight excluding hydrogens is 356 g/mol. The third-order valence-electron chi connectivity index (χ3n) is 5.02. The van der Waals surface area contributed by atoms with Gasteiger partial charge in [0.2, 0.25) is 0 Å². The Bertz CT molecular complexity index is 1120. The summed E-state index contributed by atoms with van der Waals surface area (Å²) >= 11 is 6.11. The zero-order valence-electron chi connectivity index (χ0n) is 14.7. The topological polar surface area (TPSA) is 42.7 Å². The van der Waals surface area contributed by atoms with Crippen LogP contribution in [0.3, 0.4) is 0 Å². The van der Waals surface area contributed by atoms with Gasteiger partial charge in [-0.15, -0.1) is 5.10 Å². The molecule has 1 aliphatic rings. The van der Waals surface area contributed by atoms with Gasteiger partial charge in [-0.1, -0.05) is 66.2 Å². The van der Waals surface area contributed by atoms with E-state index in [2.05, 4.69) is 24.4 Å². The number of halogens is 1. The smallest absolute Gasteiger partial charge is 0.181 e. The van der Waals surface area contributed by atoms with Crippen molar-refractivity contribution in [2.75, 3.05) is 5.32 Å². The minimum Gasteiger partial charge on any atom is -0.357 e. The summed E-state index contributed by atoms with van der Waals surface area (Å²) in [7, 11) is 0. The molecule has 0 radical (unpaired) electrons. The highest BCUT2D eigenvalue weighted by Gasteiger charge is 2.38. The molecule has 0 bridgehead atoms. The van der Waals surface area contributed by atoms with E-state index in [4.69, 9.17) is 21.7 Å². The highest BCUT2D eigenvalue weighted by atomic mass is 35.5. The normalized spacial score (nSPS) is 17.7. The molecule has 132 valence electrons. The van der Waals surface area contributed by atoms with Gasteiger partial charge in [0, 0.05) is 21.8 Å². The van der Waals surface area contributed by atoms with Crippen molar-refractivity contribution in [1.82, 2.24) is 14.8 Å². The van der Waals surface area contributed by atoms with E-state index in [0.29, 0.717) is 10.8 Å². The van der Waals surface area contributed by atoms with Crippen LogP contribution in [0.1, 0.15) is 12.5 Å². The first-order valence-corrected chi connectivity index (χ1v) is 9.19. The molecule has 0 saturated carbocycles. The van der Waals surface area contributed by atoms with Crippen molar-refractivity contribution in [3.05, 3.63) is 89.4 Å². The lowest BCUT2D eigenvalue weighted by molar-refractivity contribution is 0.404. The van der Waals surface area contributed by atoms with E-state index in [1.165, 1.54) is 0 Å². The van der Waals surface area contributed by atoms with Gasteiger partial charge in [0.15, 0.2) is 17.3 Å². The maximum atomic E-state index is 6.11. The summed E-state index contributed by atoms with van der Waals surface area (Å²) in [5.74, 6) is 1.56. The molecule has 4 nitrogen and oxygen atoms in total. The van der Waals surface area contributed by atoms with Crippen molar-refractivity contribution >= 4 is 17.3 Å². The largest absolute Gasteiger partial charge is 0.357 e. The number of nitrogens with one attached hydrogen (secondary N) is 1. The lowest BCUT2D eigenvalue weighted by atomic mass is 9.97. The van der Waals surface area contributed by atoms with Gasteiger partial charge in [-0.05, 0) is 36.8 Å². The molecular formula is C22H17ClN4. The molecule has 0 unspecified atom stereocenters. The second-order valence-corrected chi connectivity index (χ2v) is 7.22. The summed E-state index contributed by atoms with van der Waals surface area (Å²) in [4.78, 5) is 4.89. The van der Waals surface area contributed by atoms with E-state index in [0.717, 1.165) is 28.2 Å². The molecule has 1 aliphatic heterocycles. The van der Waals surface area contributed by atoms with Crippen molar-refractivity contribution < 1.29 is 0 Å². The first-order valence-electron chi connectivity index (χ1n) is 8.82. The molecule has 27 heavy (non-hydrogen) atoms. The summed E-state index contributed by atoms with van der Waals surface area (Å²) in [5, 5.41) is 9.24. The Hall–Kier alpha value is -3.11. The predicted octanol–water partition coefficient (Wildman–Crippen LogP) is 5.41. The maximum Gasteiger partial charge on any atom is 0.181 e. The number of aromatic nitrogens is 3. The molecule has 1 N–H and O–H groups in total.